The van der Waals surface area contributed by atoms with E-state index in [4.69, 9.17) is 20.9 Å². The smallest absolute Gasteiger partial charge is 0.345 e. The Balaban J connectivity index is 1.46. The van der Waals surface area contributed by atoms with E-state index in [2.05, 4.69) is 0 Å². The van der Waals surface area contributed by atoms with Crippen LogP contribution < -0.4 is 10.5 Å². The highest BCUT2D eigenvalue weighted by molar-refractivity contribution is 7.86. The third-order valence-electron chi connectivity index (χ3n) is 5.39. The minimum atomic E-state index is -4.58. The highest BCUT2D eigenvalue weighted by atomic mass is 35.5. The number of aryl methyl sites for hydroxylation is 1. The van der Waals surface area contributed by atoms with E-state index < -0.39 is 33.5 Å². The van der Waals surface area contributed by atoms with Crippen molar-refractivity contribution >= 4 is 50.0 Å². The third-order valence-corrected chi connectivity index (χ3v) is 7.97. The van der Waals surface area contributed by atoms with Gasteiger partial charge in [-0.25, -0.2) is 9.59 Å². The van der Waals surface area contributed by atoms with E-state index in [0.29, 0.717) is 34.3 Å². The molecule has 3 heterocycles. The number of aromatic nitrogens is 1. The van der Waals surface area contributed by atoms with Crippen LogP contribution in [-0.4, -0.2) is 39.0 Å². The highest BCUT2D eigenvalue weighted by Crippen LogP contribution is 2.36. The molecule has 4 rings (SSSR count). The molecule has 3 aromatic heterocycles. The van der Waals surface area contributed by atoms with E-state index >= 15 is 0 Å². The molecule has 14 heteroatoms. The zero-order valence-corrected chi connectivity index (χ0v) is 21.3. The number of benzene rings is 1. The lowest BCUT2D eigenvalue weighted by atomic mass is 10.1. The second-order valence-corrected chi connectivity index (χ2v) is 11.0. The molecule has 0 saturated carbocycles. The molecule has 0 aliphatic heterocycles. The predicted molar refractivity (Wildman–Crippen MR) is 134 cm³/mol. The van der Waals surface area contributed by atoms with Gasteiger partial charge in [-0.3, -0.25) is 4.55 Å². The maximum Gasteiger partial charge on any atom is 0.345 e. The van der Waals surface area contributed by atoms with E-state index in [0.717, 1.165) is 23.5 Å². The summed E-state index contributed by atoms with van der Waals surface area (Å²) in [6.07, 6.45) is 1.55. The molecular formula is C23H20ClNO10S2. The van der Waals surface area contributed by atoms with Crippen LogP contribution in [0, 0.1) is 0 Å². The van der Waals surface area contributed by atoms with Crippen molar-refractivity contribution in [3.05, 3.63) is 56.7 Å². The number of fused-ring (bicyclic) bond motifs is 1. The Kier molecular flexibility index (Phi) is 7.50. The van der Waals surface area contributed by atoms with Crippen molar-refractivity contribution < 1.29 is 42.3 Å². The summed E-state index contributed by atoms with van der Waals surface area (Å²) in [5.74, 6) is -1.81. The second kappa shape index (κ2) is 10.5. The molecule has 0 radical (unpaired) electrons. The van der Waals surface area contributed by atoms with Crippen molar-refractivity contribution in [3.63, 3.8) is 0 Å². The van der Waals surface area contributed by atoms with Crippen LogP contribution in [0.15, 0.2) is 50.5 Å². The van der Waals surface area contributed by atoms with Crippen LogP contribution in [0.25, 0.3) is 21.4 Å². The van der Waals surface area contributed by atoms with Crippen molar-refractivity contribution in [3.8, 4) is 28.0 Å². The van der Waals surface area contributed by atoms with Gasteiger partial charge in [0.25, 0.3) is 10.1 Å². The Labute approximate surface area is 218 Å². The first-order valence-corrected chi connectivity index (χ1v) is 13.5. The maximum atomic E-state index is 12.6. The molecule has 1 aromatic carbocycles. The molecule has 0 bridgehead atoms. The first kappa shape index (κ1) is 26.5. The largest absolute Gasteiger partial charge is 0.506 e. The number of rotatable bonds is 9. The first-order chi connectivity index (χ1) is 17.4. The molecule has 4 N–H and O–H groups in total. The molecule has 37 heavy (non-hydrogen) atoms. The summed E-state index contributed by atoms with van der Waals surface area (Å²) < 4.78 is 39.5. The Morgan fingerprint density at radius 3 is 2.43 bits per heavy atom. The third kappa shape index (κ3) is 5.91. The maximum absolute atomic E-state index is 12.6. The predicted octanol–water partition coefficient (Wildman–Crippen LogP) is 4.10. The molecule has 0 aliphatic carbocycles. The minimum absolute atomic E-state index is 0.0197. The van der Waals surface area contributed by atoms with Gasteiger partial charge in [-0.05, 0) is 37.5 Å². The van der Waals surface area contributed by atoms with Gasteiger partial charge in [-0.1, -0.05) is 18.0 Å². The molecule has 0 amide bonds. The molecule has 0 unspecified atom stereocenters. The highest BCUT2D eigenvalue weighted by Gasteiger charge is 2.22. The lowest BCUT2D eigenvalue weighted by molar-refractivity contribution is -0.145. The normalized spacial score (nSPS) is 11.7. The van der Waals surface area contributed by atoms with E-state index in [1.165, 1.54) is 24.3 Å². The number of hydrogen-bond donors (Lipinski definition) is 4. The number of thiophene rings is 1. The topological polar surface area (TPSA) is 176 Å². The molecule has 0 saturated heterocycles. The van der Waals surface area contributed by atoms with Crippen molar-refractivity contribution in [1.29, 1.82) is 0 Å². The van der Waals surface area contributed by atoms with E-state index in [1.54, 1.807) is 0 Å². The quantitative estimate of drug-likeness (QED) is 0.130. The number of carbonyl (C=O) groups excluding carboxylic acids is 1. The van der Waals surface area contributed by atoms with Gasteiger partial charge in [0.1, 0.15) is 16.2 Å². The van der Waals surface area contributed by atoms with Crippen LogP contribution in [0.5, 0.6) is 17.5 Å². The fourth-order valence-electron chi connectivity index (χ4n) is 3.61. The summed E-state index contributed by atoms with van der Waals surface area (Å²) >= 11 is 6.94. The van der Waals surface area contributed by atoms with Crippen LogP contribution in [0.3, 0.4) is 0 Å². The number of hydrogen-bond acceptors (Lipinski definition) is 10. The van der Waals surface area contributed by atoms with Crippen LogP contribution in [-0.2, 0) is 21.3 Å². The molecule has 11 nitrogen and oxygen atoms in total. The number of unbranched alkanes of at least 4 members (excludes halogenated alkanes) is 2. The van der Waals surface area contributed by atoms with Crippen molar-refractivity contribution in [2.24, 2.45) is 0 Å². The van der Waals surface area contributed by atoms with Gasteiger partial charge in [0.2, 0.25) is 11.8 Å². The van der Waals surface area contributed by atoms with Crippen molar-refractivity contribution in [2.45, 2.75) is 37.0 Å². The SMILES string of the molecule is O=C(CCCCCc1sc(-c2cc3cc(Cl)c(O)cc3oc2=O)cc1S(=O)(=O)O)On1c(O)ccc1O. The molecule has 196 valence electrons. The van der Waals surface area contributed by atoms with Gasteiger partial charge in [-0.15, -0.1) is 16.1 Å². The molecule has 0 spiro atoms. The van der Waals surface area contributed by atoms with E-state index in [9.17, 15) is 37.9 Å². The fraction of sp³-hybridized carbons (Fsp3) is 0.217. The second-order valence-electron chi connectivity index (χ2n) is 8.03. The van der Waals surface area contributed by atoms with Gasteiger partial charge in [0, 0.05) is 39.8 Å². The van der Waals surface area contributed by atoms with E-state index in [1.807, 2.05) is 0 Å². The van der Waals surface area contributed by atoms with Crippen LogP contribution in [0.4, 0.5) is 0 Å². The first-order valence-electron chi connectivity index (χ1n) is 10.8. The Morgan fingerprint density at radius 1 is 1.05 bits per heavy atom. The molecule has 0 aliphatic rings. The summed E-state index contributed by atoms with van der Waals surface area (Å²) in [6.45, 7) is 0. The monoisotopic (exact) mass is 569 g/mol. The molecule has 0 atom stereocenters. The zero-order valence-electron chi connectivity index (χ0n) is 18.9. The molecule has 4 aromatic rings. The van der Waals surface area contributed by atoms with Crippen LogP contribution in [0.2, 0.25) is 5.02 Å². The number of phenols is 1. The van der Waals surface area contributed by atoms with Gasteiger partial charge in [0.15, 0.2) is 0 Å². The molecular weight excluding hydrogens is 550 g/mol. The van der Waals surface area contributed by atoms with Crippen molar-refractivity contribution in [2.75, 3.05) is 0 Å². The summed E-state index contributed by atoms with van der Waals surface area (Å²) in [6, 6.07) is 7.58. The Morgan fingerprint density at radius 2 is 1.76 bits per heavy atom. The van der Waals surface area contributed by atoms with Gasteiger partial charge < -0.3 is 24.6 Å². The average molecular weight is 570 g/mol. The summed E-state index contributed by atoms with van der Waals surface area (Å²) in [5.41, 5.74) is -0.597. The fourth-order valence-corrected chi connectivity index (χ4v) is 6.06. The van der Waals surface area contributed by atoms with Crippen LogP contribution >= 0.6 is 22.9 Å². The summed E-state index contributed by atoms with van der Waals surface area (Å²) in [7, 11) is -4.58. The van der Waals surface area contributed by atoms with Gasteiger partial charge in [-0.2, -0.15) is 8.42 Å². The summed E-state index contributed by atoms with van der Waals surface area (Å²) in [4.78, 5) is 29.6. The Hall–Kier alpha value is -3.52. The van der Waals surface area contributed by atoms with Gasteiger partial charge >= 0.3 is 11.6 Å². The zero-order chi connectivity index (χ0) is 26.9. The lowest BCUT2D eigenvalue weighted by Gasteiger charge is -2.06. The number of halogens is 1. The minimum Gasteiger partial charge on any atom is -0.506 e. The molecule has 0 fully saturated rings. The Bertz CT molecular complexity index is 1630. The van der Waals surface area contributed by atoms with Crippen molar-refractivity contribution in [1.82, 2.24) is 4.73 Å². The number of phenolic OH excluding ortho intramolecular Hbond substituents is 1. The lowest BCUT2D eigenvalue weighted by Crippen LogP contribution is -2.18. The standard InChI is InChI=1S/C23H20ClNO10S2/c24-14-9-12-8-13(23(30)34-16(12)10-15(14)26)18-11-19(37(31,32)33)17(36-18)4-2-1-3-5-22(29)35-25-20(27)6-7-21(25)28/h6-11,26-28H,1-5H2,(H,31,32,33). The van der Waals surface area contributed by atoms with Crippen LogP contribution in [0.1, 0.15) is 30.6 Å². The number of nitrogens with zero attached hydrogens (tertiary/aromatic N) is 1. The summed E-state index contributed by atoms with van der Waals surface area (Å²) in [5, 5.41) is 29.2. The number of carbonyl (C=O) groups is 1. The van der Waals surface area contributed by atoms with Gasteiger partial charge in [0.05, 0.1) is 10.6 Å². The van der Waals surface area contributed by atoms with E-state index in [-0.39, 0.29) is 44.5 Å². The number of aromatic hydroxyl groups is 3. The average Bonchev–Trinajstić information content (AvgIpc) is 3.38.